The molecule has 0 aliphatic rings. The van der Waals surface area contributed by atoms with E-state index in [-0.39, 0.29) is 31.0 Å². The van der Waals surface area contributed by atoms with Gasteiger partial charge in [-0.25, -0.2) is 0 Å². The molecule has 0 aromatic carbocycles. The second-order valence-electron chi connectivity index (χ2n) is 2.83. The van der Waals surface area contributed by atoms with E-state index in [2.05, 4.69) is 0 Å². The van der Waals surface area contributed by atoms with Crippen LogP contribution in [0.2, 0.25) is 0 Å². The molecular formula is C4H12NNaO3S. The van der Waals surface area contributed by atoms with Gasteiger partial charge in [-0.1, -0.05) is 0 Å². The fourth-order valence-electron chi connectivity index (χ4n) is 0.387. The van der Waals surface area contributed by atoms with Crippen molar-refractivity contribution in [3.8, 4) is 0 Å². The quantitative estimate of drug-likeness (QED) is 0.338. The van der Waals surface area contributed by atoms with E-state index < -0.39 is 15.8 Å². The first-order valence-electron chi connectivity index (χ1n) is 2.47. The van der Waals surface area contributed by atoms with Gasteiger partial charge in [0.1, 0.15) is 0 Å². The predicted molar refractivity (Wildman–Crippen MR) is 35.5 cm³/mol. The van der Waals surface area contributed by atoms with Crippen molar-refractivity contribution in [3.05, 3.63) is 0 Å². The summed E-state index contributed by atoms with van der Waals surface area (Å²) in [5.41, 5.74) is -0.604. The van der Waals surface area contributed by atoms with Crippen LogP contribution < -0.4 is 34.3 Å². The Hall–Kier alpha value is 0.870. The summed E-state index contributed by atoms with van der Waals surface area (Å²) in [6, 6.07) is 0. The summed E-state index contributed by atoms with van der Waals surface area (Å²) in [5.74, 6) is 0. The van der Waals surface area contributed by atoms with Crippen molar-refractivity contribution in [2.45, 2.75) is 26.3 Å². The number of nitrogens with one attached hydrogen (secondary N) is 1. The van der Waals surface area contributed by atoms with Crippen molar-refractivity contribution in [1.82, 2.24) is 4.72 Å². The molecule has 6 heteroatoms. The molecule has 0 spiro atoms. The van der Waals surface area contributed by atoms with E-state index >= 15 is 0 Å². The third kappa shape index (κ3) is 11.6. The Balaban J connectivity index is -0.000000320. The first kappa shape index (κ1) is 13.5. The molecule has 0 aromatic rings. The average Bonchev–Trinajstić information content (AvgIpc) is 1.14. The van der Waals surface area contributed by atoms with E-state index in [1.54, 1.807) is 20.8 Å². The van der Waals surface area contributed by atoms with Gasteiger partial charge in [-0.2, -0.15) is 13.1 Å². The van der Waals surface area contributed by atoms with E-state index in [0.717, 1.165) is 0 Å². The van der Waals surface area contributed by atoms with Crippen molar-refractivity contribution in [2.24, 2.45) is 0 Å². The van der Waals surface area contributed by atoms with Crippen LogP contribution in [0.3, 0.4) is 0 Å². The molecule has 58 valence electrons. The third-order valence-electron chi connectivity index (χ3n) is 0.435. The molecule has 0 radical (unpaired) electrons. The molecule has 0 unspecified atom stereocenters. The Labute approximate surface area is 85.0 Å². The van der Waals surface area contributed by atoms with Crippen molar-refractivity contribution in [3.63, 3.8) is 0 Å². The monoisotopic (exact) mass is 177 g/mol. The molecular weight excluding hydrogens is 165 g/mol. The number of hydrogen-bond donors (Lipinski definition) is 2. The van der Waals surface area contributed by atoms with Crippen LogP contribution >= 0.6 is 0 Å². The smallest absolute Gasteiger partial charge is 1.00 e. The summed E-state index contributed by atoms with van der Waals surface area (Å²) < 4.78 is 30.4. The van der Waals surface area contributed by atoms with E-state index in [9.17, 15) is 8.42 Å². The van der Waals surface area contributed by atoms with Gasteiger partial charge in [-0.05, 0) is 20.8 Å². The maximum absolute atomic E-state index is 10.1. The predicted octanol–water partition coefficient (Wildman–Crippen LogP) is -2.71. The van der Waals surface area contributed by atoms with Gasteiger partial charge in [0.05, 0.1) is 0 Å². The average molecular weight is 177 g/mol. The van der Waals surface area contributed by atoms with Crippen LogP contribution in [0.1, 0.15) is 22.2 Å². The molecule has 0 saturated heterocycles. The summed E-state index contributed by atoms with van der Waals surface area (Å²) in [4.78, 5) is 0. The molecule has 0 fully saturated rings. The fourth-order valence-corrected chi connectivity index (χ4v) is 1.16. The molecule has 0 heterocycles. The molecule has 4 nitrogen and oxygen atoms in total. The van der Waals surface area contributed by atoms with Crippen LogP contribution in [0.25, 0.3) is 0 Å². The molecule has 0 aliphatic carbocycles. The van der Waals surface area contributed by atoms with Crippen LogP contribution in [0.4, 0.5) is 0 Å². The maximum atomic E-state index is 10.1. The van der Waals surface area contributed by atoms with Crippen molar-refractivity contribution >= 4 is 10.3 Å². The Bertz CT molecular complexity index is 186. The molecule has 0 bridgehead atoms. The molecule has 10 heavy (non-hydrogen) atoms. The van der Waals surface area contributed by atoms with Gasteiger partial charge >= 0.3 is 39.9 Å². The first-order valence-corrected chi connectivity index (χ1v) is 3.91. The third-order valence-corrected chi connectivity index (χ3v) is 1.31. The van der Waals surface area contributed by atoms with Gasteiger partial charge in [0.25, 0.3) is 0 Å². The Morgan fingerprint density at radius 3 is 1.70 bits per heavy atom. The molecule has 0 saturated carbocycles. The van der Waals surface area contributed by atoms with Gasteiger partial charge in [-0.15, -0.1) is 0 Å². The van der Waals surface area contributed by atoms with Crippen LogP contribution in [0.5, 0.6) is 0 Å². The first-order chi connectivity index (χ1) is 3.71. The second kappa shape index (κ2) is 4.04. The van der Waals surface area contributed by atoms with Crippen molar-refractivity contribution in [1.29, 1.82) is 0 Å². The second-order valence-corrected chi connectivity index (χ2v) is 3.98. The summed E-state index contributed by atoms with van der Waals surface area (Å²) in [6.45, 7) is 4.92. The Morgan fingerprint density at radius 2 is 1.70 bits per heavy atom. The van der Waals surface area contributed by atoms with Gasteiger partial charge in [0.15, 0.2) is 0 Å². The molecule has 2 N–H and O–H groups in total. The van der Waals surface area contributed by atoms with Gasteiger partial charge < -0.3 is 1.43 Å². The summed E-state index contributed by atoms with van der Waals surface area (Å²) in [6.07, 6.45) is 0. The normalized spacial score (nSPS) is 12.4. The Kier molecular flexibility index (Phi) is 5.43. The minimum Gasteiger partial charge on any atom is -1.00 e. The molecule has 0 aromatic heterocycles. The van der Waals surface area contributed by atoms with E-state index in [0.29, 0.717) is 0 Å². The molecule has 0 amide bonds. The van der Waals surface area contributed by atoms with Crippen molar-refractivity contribution in [2.75, 3.05) is 0 Å². The zero-order valence-electron chi connectivity index (χ0n) is 7.67. The van der Waals surface area contributed by atoms with Gasteiger partial charge in [0, 0.05) is 5.54 Å². The maximum Gasteiger partial charge on any atom is 1.00 e. The van der Waals surface area contributed by atoms with Crippen LogP contribution in [-0.2, 0) is 10.3 Å². The van der Waals surface area contributed by atoms with Crippen LogP contribution in [0.15, 0.2) is 0 Å². The summed E-state index contributed by atoms with van der Waals surface area (Å²) in [7, 11) is -4.03. The summed E-state index contributed by atoms with van der Waals surface area (Å²) in [5, 5.41) is 0. The number of hydrogen-bond acceptors (Lipinski definition) is 2. The van der Waals surface area contributed by atoms with Crippen LogP contribution in [-0.4, -0.2) is 18.5 Å². The minimum atomic E-state index is -4.03. The van der Waals surface area contributed by atoms with Gasteiger partial charge in [-0.3, -0.25) is 4.55 Å². The zero-order chi connectivity index (χ0) is 7.71. The summed E-state index contributed by atoms with van der Waals surface area (Å²) >= 11 is 0. The standard InChI is InChI=1S/C4H11NO3S.Na.H/c1-4(2,3)5-9(6,7)8;;/h5H,1-3H3,(H,6,7,8);;/q;+1;-1. The Morgan fingerprint density at radius 1 is 1.40 bits per heavy atom. The largest absolute Gasteiger partial charge is 1.00 e. The van der Waals surface area contributed by atoms with E-state index in [4.69, 9.17) is 4.55 Å². The molecule has 0 atom stereocenters. The van der Waals surface area contributed by atoms with Gasteiger partial charge in [0.2, 0.25) is 0 Å². The number of rotatable bonds is 1. The van der Waals surface area contributed by atoms with E-state index in [1.165, 1.54) is 0 Å². The molecule has 0 rings (SSSR count). The topological polar surface area (TPSA) is 66.4 Å². The zero-order valence-corrected chi connectivity index (χ0v) is 9.49. The molecule has 0 aliphatic heterocycles. The van der Waals surface area contributed by atoms with Crippen molar-refractivity contribution < 1.29 is 44.0 Å². The van der Waals surface area contributed by atoms with E-state index in [1.807, 2.05) is 4.72 Å². The SMILES string of the molecule is CC(C)(C)NS(=O)(=O)O.[H-].[Na+]. The minimum absolute atomic E-state index is 0. The fraction of sp³-hybridized carbons (Fsp3) is 1.00. The van der Waals surface area contributed by atoms with Crippen LogP contribution in [0, 0.1) is 0 Å².